The Labute approximate surface area is 127 Å². The van der Waals surface area contributed by atoms with Crippen LogP contribution in [0.1, 0.15) is 24.5 Å². The summed E-state index contributed by atoms with van der Waals surface area (Å²) >= 11 is 8.93. The lowest BCUT2D eigenvalue weighted by atomic mass is 10.0. The van der Waals surface area contributed by atoms with E-state index >= 15 is 0 Å². The highest BCUT2D eigenvalue weighted by molar-refractivity contribution is 9.08. The Morgan fingerprint density at radius 1 is 1.15 bits per heavy atom. The van der Waals surface area contributed by atoms with Crippen LogP contribution in [0.5, 0.6) is 11.5 Å². The molecule has 0 spiro atoms. The van der Waals surface area contributed by atoms with Crippen LogP contribution in [0.25, 0.3) is 0 Å². The Bertz CT molecular complexity index is 458. The van der Waals surface area contributed by atoms with E-state index in [0.29, 0.717) is 18.4 Å². The number of halogens is 6. The standard InChI is InChI=1S/C12H12BrClF4O2/c1-2-3-6-4-8(14)10(20-12(17)18)7(5-13)9(6)19-11(15)16/h4,11-12H,2-3,5H2,1H3. The Balaban J connectivity index is 3.39. The van der Waals surface area contributed by atoms with Crippen LogP contribution in [0.2, 0.25) is 5.02 Å². The van der Waals surface area contributed by atoms with Crippen LogP contribution >= 0.6 is 27.5 Å². The molecule has 0 aliphatic rings. The molecule has 20 heavy (non-hydrogen) atoms. The van der Waals surface area contributed by atoms with Crippen molar-refractivity contribution in [3.63, 3.8) is 0 Å². The number of ether oxygens (including phenoxy) is 2. The highest BCUT2D eigenvalue weighted by Gasteiger charge is 2.23. The van der Waals surface area contributed by atoms with E-state index in [-0.39, 0.29) is 27.4 Å². The maximum absolute atomic E-state index is 12.5. The number of hydrogen-bond acceptors (Lipinski definition) is 2. The molecule has 1 aromatic rings. The Kier molecular flexibility index (Phi) is 6.88. The number of benzene rings is 1. The summed E-state index contributed by atoms with van der Waals surface area (Å²) in [6, 6.07) is 1.31. The molecule has 1 aromatic carbocycles. The van der Waals surface area contributed by atoms with Gasteiger partial charge in [0.15, 0.2) is 5.75 Å². The van der Waals surface area contributed by atoms with E-state index in [1.165, 1.54) is 6.07 Å². The van der Waals surface area contributed by atoms with Crippen LogP contribution in [0, 0.1) is 0 Å². The van der Waals surface area contributed by atoms with Crippen molar-refractivity contribution in [2.45, 2.75) is 38.3 Å². The summed E-state index contributed by atoms with van der Waals surface area (Å²) in [5.74, 6) is -0.521. The highest BCUT2D eigenvalue weighted by atomic mass is 79.9. The quantitative estimate of drug-likeness (QED) is 0.467. The first kappa shape index (κ1) is 17.4. The molecule has 0 fully saturated rings. The van der Waals surface area contributed by atoms with E-state index in [1.54, 1.807) is 0 Å². The third-order valence-electron chi connectivity index (χ3n) is 2.42. The topological polar surface area (TPSA) is 18.5 Å². The molecule has 0 amide bonds. The number of alkyl halides is 5. The second kappa shape index (κ2) is 7.93. The van der Waals surface area contributed by atoms with Gasteiger partial charge in [-0.25, -0.2) is 0 Å². The summed E-state index contributed by atoms with van der Waals surface area (Å²) in [5, 5.41) is -0.0706. The minimum absolute atomic E-state index is 0.00557. The average Bonchev–Trinajstić information content (AvgIpc) is 2.34. The predicted octanol–water partition coefficient (Wildman–Crippen LogP) is 5.39. The molecule has 0 aliphatic heterocycles. The zero-order valence-corrected chi connectivity index (χ0v) is 12.8. The second-order valence-electron chi connectivity index (χ2n) is 3.79. The van der Waals surface area contributed by atoms with Crippen molar-refractivity contribution in [1.82, 2.24) is 0 Å². The summed E-state index contributed by atoms with van der Waals surface area (Å²) in [7, 11) is 0. The van der Waals surface area contributed by atoms with Crippen molar-refractivity contribution in [2.24, 2.45) is 0 Å². The minimum Gasteiger partial charge on any atom is -0.434 e. The van der Waals surface area contributed by atoms with Gasteiger partial charge in [0.05, 0.1) is 5.02 Å². The minimum atomic E-state index is -3.11. The molecule has 2 nitrogen and oxygen atoms in total. The summed E-state index contributed by atoms with van der Waals surface area (Å²) in [6.45, 7) is -4.33. The van der Waals surface area contributed by atoms with Crippen molar-refractivity contribution in [1.29, 1.82) is 0 Å². The second-order valence-corrected chi connectivity index (χ2v) is 4.76. The van der Waals surface area contributed by atoms with Gasteiger partial charge in [-0.3, -0.25) is 0 Å². The molecule has 0 radical (unpaired) electrons. The molecular weight excluding hydrogens is 367 g/mol. The smallest absolute Gasteiger partial charge is 0.387 e. The number of hydrogen-bond donors (Lipinski definition) is 0. The SMILES string of the molecule is CCCc1cc(Cl)c(OC(F)F)c(CBr)c1OC(F)F. The Morgan fingerprint density at radius 2 is 1.70 bits per heavy atom. The third kappa shape index (κ3) is 4.41. The first-order chi connectivity index (χ1) is 9.40. The zero-order valence-electron chi connectivity index (χ0n) is 10.4. The summed E-state index contributed by atoms with van der Waals surface area (Å²) in [6.07, 6.45) is 1.09. The molecule has 0 atom stereocenters. The van der Waals surface area contributed by atoms with E-state index in [2.05, 4.69) is 25.4 Å². The monoisotopic (exact) mass is 378 g/mol. The number of aryl methyl sites for hydroxylation is 1. The van der Waals surface area contributed by atoms with Gasteiger partial charge < -0.3 is 9.47 Å². The fourth-order valence-corrected chi connectivity index (χ4v) is 2.55. The normalized spacial score (nSPS) is 11.2. The molecule has 0 unspecified atom stereocenters. The Morgan fingerprint density at radius 3 is 2.15 bits per heavy atom. The van der Waals surface area contributed by atoms with Crippen LogP contribution < -0.4 is 9.47 Å². The largest absolute Gasteiger partial charge is 0.434 e. The first-order valence-electron chi connectivity index (χ1n) is 5.70. The van der Waals surface area contributed by atoms with E-state index in [1.807, 2.05) is 6.92 Å². The summed E-state index contributed by atoms with van der Waals surface area (Å²) in [5.41, 5.74) is 0.468. The zero-order chi connectivity index (χ0) is 15.3. The van der Waals surface area contributed by atoms with E-state index < -0.39 is 13.2 Å². The molecule has 114 valence electrons. The van der Waals surface area contributed by atoms with Gasteiger partial charge in [-0.15, -0.1) is 0 Å². The molecule has 0 heterocycles. The van der Waals surface area contributed by atoms with Gasteiger partial charge in [-0.1, -0.05) is 40.9 Å². The average molecular weight is 380 g/mol. The van der Waals surface area contributed by atoms with Crippen LogP contribution in [-0.2, 0) is 11.8 Å². The maximum atomic E-state index is 12.5. The van der Waals surface area contributed by atoms with Crippen molar-refractivity contribution in [3.05, 3.63) is 22.2 Å². The highest BCUT2D eigenvalue weighted by Crippen LogP contribution is 2.41. The van der Waals surface area contributed by atoms with E-state index in [4.69, 9.17) is 11.6 Å². The molecule has 0 saturated carbocycles. The maximum Gasteiger partial charge on any atom is 0.387 e. The summed E-state index contributed by atoms with van der Waals surface area (Å²) < 4.78 is 58.5. The molecule has 0 aromatic heterocycles. The Hall–Kier alpha value is -0.690. The summed E-state index contributed by atoms with van der Waals surface area (Å²) in [4.78, 5) is 0. The van der Waals surface area contributed by atoms with E-state index in [9.17, 15) is 17.6 Å². The first-order valence-corrected chi connectivity index (χ1v) is 7.20. The molecule has 0 bridgehead atoms. The lowest BCUT2D eigenvalue weighted by molar-refractivity contribution is -0.0555. The van der Waals surface area contributed by atoms with Gasteiger partial charge >= 0.3 is 13.2 Å². The van der Waals surface area contributed by atoms with Crippen LogP contribution in [0.3, 0.4) is 0 Å². The van der Waals surface area contributed by atoms with Gasteiger partial charge in [0.1, 0.15) is 5.75 Å². The van der Waals surface area contributed by atoms with Crippen molar-refractivity contribution >= 4 is 27.5 Å². The fourth-order valence-electron chi connectivity index (χ4n) is 1.75. The third-order valence-corrected chi connectivity index (χ3v) is 3.27. The van der Waals surface area contributed by atoms with E-state index in [0.717, 1.165) is 0 Å². The molecule has 0 saturated heterocycles. The van der Waals surface area contributed by atoms with Crippen LogP contribution in [-0.4, -0.2) is 13.2 Å². The fraction of sp³-hybridized carbons (Fsp3) is 0.500. The van der Waals surface area contributed by atoms with Crippen molar-refractivity contribution in [3.8, 4) is 11.5 Å². The van der Waals surface area contributed by atoms with Gasteiger partial charge in [0, 0.05) is 10.9 Å². The molecule has 0 N–H and O–H groups in total. The lowest BCUT2D eigenvalue weighted by Gasteiger charge is -2.19. The van der Waals surface area contributed by atoms with Gasteiger partial charge in [-0.2, -0.15) is 17.6 Å². The van der Waals surface area contributed by atoms with Crippen LogP contribution in [0.15, 0.2) is 6.07 Å². The molecular formula is C12H12BrClF4O2. The van der Waals surface area contributed by atoms with Gasteiger partial charge in [-0.05, 0) is 18.1 Å². The van der Waals surface area contributed by atoms with Crippen molar-refractivity contribution < 1.29 is 27.0 Å². The lowest BCUT2D eigenvalue weighted by Crippen LogP contribution is -2.10. The van der Waals surface area contributed by atoms with Gasteiger partial charge in [0.2, 0.25) is 0 Å². The predicted molar refractivity (Wildman–Crippen MR) is 71.3 cm³/mol. The molecule has 1 rings (SSSR count). The van der Waals surface area contributed by atoms with Crippen LogP contribution in [0.4, 0.5) is 17.6 Å². The van der Waals surface area contributed by atoms with Gasteiger partial charge in [0.25, 0.3) is 0 Å². The molecule has 8 heteroatoms. The van der Waals surface area contributed by atoms with Crippen molar-refractivity contribution in [2.75, 3.05) is 0 Å². The molecule has 0 aliphatic carbocycles. The number of rotatable bonds is 7.